The maximum Gasteiger partial charge on any atom is 0.256 e. The van der Waals surface area contributed by atoms with Crippen LogP contribution in [0, 0.1) is 0 Å². The largest absolute Gasteiger partial charge is 0.368 e. The van der Waals surface area contributed by atoms with E-state index in [1.807, 2.05) is 0 Å². The minimum atomic E-state index is 0.0865. The lowest BCUT2D eigenvalue weighted by atomic mass is 10.4. The molecular weight excluding hydrogens is 196 g/mol. The first kappa shape index (κ1) is 11.4. The molecule has 0 amide bonds. The fraction of sp³-hybridized carbons (Fsp3) is 0.625. The summed E-state index contributed by atoms with van der Waals surface area (Å²) in [5.74, 6) is 0.489. The second-order valence-corrected chi connectivity index (χ2v) is 3.04. The van der Waals surface area contributed by atoms with Gasteiger partial charge in [-0.05, 0) is 6.42 Å². The van der Waals surface area contributed by atoms with Gasteiger partial charge in [-0.25, -0.2) is 5.06 Å². The van der Waals surface area contributed by atoms with Crippen LogP contribution in [0.25, 0.3) is 0 Å². The zero-order valence-corrected chi connectivity index (χ0v) is 8.97. The molecule has 4 N–H and O–H groups in total. The van der Waals surface area contributed by atoms with Crippen molar-refractivity contribution in [3.8, 4) is 0 Å². The van der Waals surface area contributed by atoms with Crippen molar-refractivity contribution in [3.63, 3.8) is 0 Å². The van der Waals surface area contributed by atoms with Crippen LogP contribution >= 0.6 is 0 Å². The summed E-state index contributed by atoms with van der Waals surface area (Å²) in [5, 5.41) is 1.43. The maximum absolute atomic E-state index is 5.43. The van der Waals surface area contributed by atoms with Crippen LogP contribution < -0.4 is 16.5 Å². The highest BCUT2D eigenvalue weighted by Crippen LogP contribution is 2.08. The van der Waals surface area contributed by atoms with E-state index in [1.54, 1.807) is 7.05 Å². The summed E-state index contributed by atoms with van der Waals surface area (Å²) in [5.41, 5.74) is 10.9. The summed E-state index contributed by atoms with van der Waals surface area (Å²) in [6.07, 6.45) is 2.04. The lowest BCUT2D eigenvalue weighted by molar-refractivity contribution is 0.115. The van der Waals surface area contributed by atoms with E-state index >= 15 is 0 Å². The molecule has 0 aromatic carbocycles. The van der Waals surface area contributed by atoms with Gasteiger partial charge in [0.25, 0.3) is 5.95 Å². The molecule has 0 spiro atoms. The Balaban J connectivity index is 2.60. The summed E-state index contributed by atoms with van der Waals surface area (Å²) in [6, 6.07) is 0. The van der Waals surface area contributed by atoms with E-state index in [1.165, 1.54) is 5.06 Å². The number of hydrogen-bond donors (Lipinski definition) is 2. The van der Waals surface area contributed by atoms with Gasteiger partial charge in [0.1, 0.15) is 0 Å². The van der Waals surface area contributed by atoms with Crippen molar-refractivity contribution in [1.82, 2.24) is 15.0 Å². The number of aromatic nitrogens is 3. The van der Waals surface area contributed by atoms with E-state index in [0.717, 1.165) is 12.8 Å². The highest BCUT2D eigenvalue weighted by Gasteiger charge is 2.07. The van der Waals surface area contributed by atoms with E-state index in [9.17, 15) is 0 Å². The Bertz CT molecular complexity index is 298. The summed E-state index contributed by atoms with van der Waals surface area (Å²) >= 11 is 0. The Morgan fingerprint density at radius 2 is 1.80 bits per heavy atom. The molecule has 0 aliphatic carbocycles. The summed E-state index contributed by atoms with van der Waals surface area (Å²) in [7, 11) is 1.70. The lowest BCUT2D eigenvalue weighted by Crippen LogP contribution is -2.22. The molecule has 0 bridgehead atoms. The number of nitrogens with zero attached hydrogens (tertiary/aromatic N) is 4. The monoisotopic (exact) mass is 212 g/mol. The molecule has 0 fully saturated rings. The lowest BCUT2D eigenvalue weighted by Gasteiger charge is -2.16. The topological polar surface area (TPSA) is 103 Å². The van der Waals surface area contributed by atoms with Crippen LogP contribution in [0.3, 0.4) is 0 Å². The Kier molecular flexibility index (Phi) is 4.04. The minimum absolute atomic E-state index is 0.0865. The van der Waals surface area contributed by atoms with Gasteiger partial charge in [-0.2, -0.15) is 15.0 Å². The molecule has 0 radical (unpaired) electrons. The molecule has 7 nitrogen and oxygen atoms in total. The number of unbranched alkanes of at least 4 members (excludes halogenated alkanes) is 1. The zero-order chi connectivity index (χ0) is 11.3. The van der Waals surface area contributed by atoms with Crippen LogP contribution in [0.1, 0.15) is 19.8 Å². The smallest absolute Gasteiger partial charge is 0.256 e. The molecule has 7 heteroatoms. The number of hydroxylamine groups is 1. The molecule has 1 heterocycles. The van der Waals surface area contributed by atoms with Gasteiger partial charge in [-0.3, -0.25) is 4.84 Å². The fourth-order valence-electron chi connectivity index (χ4n) is 0.942. The fourth-order valence-corrected chi connectivity index (χ4v) is 0.942. The molecule has 0 unspecified atom stereocenters. The number of anilines is 3. The van der Waals surface area contributed by atoms with Gasteiger partial charge in [-0.1, -0.05) is 13.3 Å². The van der Waals surface area contributed by atoms with E-state index in [-0.39, 0.29) is 11.9 Å². The highest BCUT2D eigenvalue weighted by atomic mass is 16.7. The van der Waals surface area contributed by atoms with E-state index in [0.29, 0.717) is 12.6 Å². The van der Waals surface area contributed by atoms with E-state index in [2.05, 4.69) is 21.9 Å². The number of nitrogen functional groups attached to an aromatic ring is 2. The summed E-state index contributed by atoms with van der Waals surface area (Å²) < 4.78 is 0. The van der Waals surface area contributed by atoms with Gasteiger partial charge in [0, 0.05) is 7.05 Å². The van der Waals surface area contributed by atoms with Crippen molar-refractivity contribution in [2.45, 2.75) is 19.8 Å². The van der Waals surface area contributed by atoms with Crippen molar-refractivity contribution in [3.05, 3.63) is 0 Å². The SMILES string of the molecule is CCCCON(C)c1nc(N)nc(N)n1. The average molecular weight is 212 g/mol. The van der Waals surface area contributed by atoms with Crippen LogP contribution in [0.4, 0.5) is 17.8 Å². The Labute approximate surface area is 88.4 Å². The summed E-state index contributed by atoms with van der Waals surface area (Å²) in [4.78, 5) is 16.8. The molecule has 1 aromatic rings. The Hall–Kier alpha value is -1.63. The molecule has 84 valence electrons. The molecule has 15 heavy (non-hydrogen) atoms. The van der Waals surface area contributed by atoms with Crippen molar-refractivity contribution < 1.29 is 4.84 Å². The van der Waals surface area contributed by atoms with Gasteiger partial charge >= 0.3 is 0 Å². The molecule has 0 saturated heterocycles. The second kappa shape index (κ2) is 5.30. The van der Waals surface area contributed by atoms with Crippen molar-refractivity contribution in [1.29, 1.82) is 0 Å². The molecule has 0 saturated carbocycles. The quantitative estimate of drug-likeness (QED) is 0.531. The highest BCUT2D eigenvalue weighted by molar-refractivity contribution is 5.36. The molecule has 1 aromatic heterocycles. The first-order valence-corrected chi connectivity index (χ1v) is 4.77. The molecule has 0 aliphatic rings. The third-order valence-corrected chi connectivity index (χ3v) is 1.72. The van der Waals surface area contributed by atoms with E-state index in [4.69, 9.17) is 16.3 Å². The average Bonchev–Trinajstić information content (AvgIpc) is 2.16. The first-order valence-electron chi connectivity index (χ1n) is 4.77. The van der Waals surface area contributed by atoms with Crippen LogP contribution in [-0.4, -0.2) is 28.6 Å². The van der Waals surface area contributed by atoms with Gasteiger partial charge < -0.3 is 11.5 Å². The summed E-state index contributed by atoms with van der Waals surface area (Å²) in [6.45, 7) is 2.70. The molecule has 1 rings (SSSR count). The minimum Gasteiger partial charge on any atom is -0.368 e. The molecule has 0 aliphatic heterocycles. The predicted molar refractivity (Wildman–Crippen MR) is 57.9 cm³/mol. The number of nitrogens with two attached hydrogens (primary N) is 2. The van der Waals surface area contributed by atoms with Crippen LogP contribution in [-0.2, 0) is 4.84 Å². The van der Waals surface area contributed by atoms with Gasteiger partial charge in [0.05, 0.1) is 6.61 Å². The van der Waals surface area contributed by atoms with Gasteiger partial charge in [-0.15, -0.1) is 0 Å². The third-order valence-electron chi connectivity index (χ3n) is 1.72. The Morgan fingerprint density at radius 3 is 2.33 bits per heavy atom. The zero-order valence-electron chi connectivity index (χ0n) is 8.97. The standard InChI is InChI=1S/C8H16N6O/c1-3-4-5-15-14(2)8-12-6(9)11-7(10)13-8/h3-5H2,1-2H3,(H4,9,10,11,12,13). The van der Waals surface area contributed by atoms with E-state index < -0.39 is 0 Å². The molecular formula is C8H16N6O. The van der Waals surface area contributed by atoms with Crippen LogP contribution in [0.5, 0.6) is 0 Å². The predicted octanol–water partition coefficient (Wildman–Crippen LogP) is 0.204. The first-order chi connectivity index (χ1) is 7.13. The third kappa shape index (κ3) is 3.55. The van der Waals surface area contributed by atoms with Crippen molar-refractivity contribution in [2.75, 3.05) is 30.2 Å². The maximum atomic E-state index is 5.43. The van der Waals surface area contributed by atoms with Crippen molar-refractivity contribution >= 4 is 17.8 Å². The Morgan fingerprint density at radius 1 is 1.20 bits per heavy atom. The van der Waals surface area contributed by atoms with Crippen LogP contribution in [0.15, 0.2) is 0 Å². The van der Waals surface area contributed by atoms with Gasteiger partial charge in [0.2, 0.25) is 11.9 Å². The number of hydrogen-bond acceptors (Lipinski definition) is 7. The normalized spacial score (nSPS) is 10.3. The van der Waals surface area contributed by atoms with Crippen molar-refractivity contribution in [2.24, 2.45) is 0 Å². The second-order valence-electron chi connectivity index (χ2n) is 3.04. The number of rotatable bonds is 5. The molecule has 0 atom stereocenters. The van der Waals surface area contributed by atoms with Crippen LogP contribution in [0.2, 0.25) is 0 Å². The van der Waals surface area contributed by atoms with Gasteiger partial charge in [0.15, 0.2) is 0 Å².